The molecule has 0 aliphatic rings. The summed E-state index contributed by atoms with van der Waals surface area (Å²) in [6.07, 6.45) is 0.911. The van der Waals surface area contributed by atoms with Gasteiger partial charge in [0.2, 0.25) is 0 Å². The van der Waals surface area contributed by atoms with Crippen LogP contribution in [0.25, 0.3) is 0 Å². The quantitative estimate of drug-likeness (QED) is 0.899. The molecule has 106 valence electrons. The Labute approximate surface area is 122 Å². The van der Waals surface area contributed by atoms with E-state index in [1.165, 1.54) is 5.56 Å². The first-order valence-corrected chi connectivity index (χ1v) is 6.77. The molecule has 1 aromatic heterocycles. The third-order valence-electron chi connectivity index (χ3n) is 3.68. The van der Waals surface area contributed by atoms with Gasteiger partial charge < -0.3 is 5.10 Å². The number of aromatic nitrogens is 2. The molecule has 21 heavy (non-hydrogen) atoms. The molecule has 1 atom stereocenters. The predicted octanol–water partition coefficient (Wildman–Crippen LogP) is 2.37. The SMILES string of the molecule is CCc1ccc(C(c2c(C)[nH][nH]c2=O)C(C#N)C#N)cc1. The molecular formula is C16H16N4O. The number of nitriles is 2. The summed E-state index contributed by atoms with van der Waals surface area (Å²) in [6, 6.07) is 11.7. The highest BCUT2D eigenvalue weighted by atomic mass is 16.1. The maximum absolute atomic E-state index is 12.0. The Kier molecular flexibility index (Phi) is 4.25. The van der Waals surface area contributed by atoms with Crippen LogP contribution >= 0.6 is 0 Å². The van der Waals surface area contributed by atoms with Crippen molar-refractivity contribution in [3.8, 4) is 12.1 Å². The summed E-state index contributed by atoms with van der Waals surface area (Å²) >= 11 is 0. The molecule has 0 aliphatic heterocycles. The second-order valence-corrected chi connectivity index (χ2v) is 4.93. The monoisotopic (exact) mass is 280 g/mol. The van der Waals surface area contributed by atoms with E-state index in [-0.39, 0.29) is 5.56 Å². The molecule has 2 rings (SSSR count). The smallest absolute Gasteiger partial charge is 0.268 e. The Morgan fingerprint density at radius 2 is 1.76 bits per heavy atom. The number of aromatic amines is 2. The number of aryl methyl sites for hydroxylation is 2. The number of benzene rings is 1. The van der Waals surface area contributed by atoms with Gasteiger partial charge in [-0.1, -0.05) is 31.2 Å². The highest BCUT2D eigenvalue weighted by Crippen LogP contribution is 2.31. The fraction of sp³-hybridized carbons (Fsp3) is 0.312. The minimum Gasteiger partial charge on any atom is -0.302 e. The fourth-order valence-corrected chi connectivity index (χ4v) is 2.49. The van der Waals surface area contributed by atoms with Crippen LogP contribution in [-0.4, -0.2) is 10.2 Å². The molecule has 0 saturated heterocycles. The van der Waals surface area contributed by atoms with Crippen LogP contribution in [0, 0.1) is 35.5 Å². The summed E-state index contributed by atoms with van der Waals surface area (Å²) < 4.78 is 0. The van der Waals surface area contributed by atoms with Gasteiger partial charge in [0.25, 0.3) is 5.56 Å². The molecular weight excluding hydrogens is 264 g/mol. The van der Waals surface area contributed by atoms with Crippen LogP contribution in [0.1, 0.15) is 35.2 Å². The van der Waals surface area contributed by atoms with Crippen molar-refractivity contribution in [1.82, 2.24) is 10.2 Å². The van der Waals surface area contributed by atoms with Crippen LogP contribution in [-0.2, 0) is 6.42 Å². The molecule has 2 aromatic rings. The van der Waals surface area contributed by atoms with Crippen LogP contribution in [0.3, 0.4) is 0 Å². The summed E-state index contributed by atoms with van der Waals surface area (Å²) in [5.74, 6) is -1.46. The lowest BCUT2D eigenvalue weighted by Gasteiger charge is -2.17. The lowest BCUT2D eigenvalue weighted by atomic mass is 9.82. The van der Waals surface area contributed by atoms with Crippen LogP contribution < -0.4 is 5.56 Å². The molecule has 0 radical (unpaired) electrons. The summed E-state index contributed by atoms with van der Waals surface area (Å²) in [4.78, 5) is 12.0. The lowest BCUT2D eigenvalue weighted by molar-refractivity contribution is 0.700. The van der Waals surface area contributed by atoms with E-state index in [1.807, 2.05) is 36.4 Å². The van der Waals surface area contributed by atoms with Gasteiger partial charge in [-0.15, -0.1) is 0 Å². The molecule has 0 spiro atoms. The van der Waals surface area contributed by atoms with E-state index in [2.05, 4.69) is 17.1 Å². The molecule has 5 heteroatoms. The molecule has 0 fully saturated rings. The van der Waals surface area contributed by atoms with E-state index < -0.39 is 11.8 Å². The number of hydrogen-bond acceptors (Lipinski definition) is 3. The zero-order valence-electron chi connectivity index (χ0n) is 12.0. The molecule has 2 N–H and O–H groups in total. The fourth-order valence-electron chi connectivity index (χ4n) is 2.49. The molecule has 1 aromatic carbocycles. The Hall–Kier alpha value is -2.79. The first-order valence-electron chi connectivity index (χ1n) is 6.77. The molecule has 0 amide bonds. The Morgan fingerprint density at radius 3 is 2.19 bits per heavy atom. The third-order valence-corrected chi connectivity index (χ3v) is 3.68. The topological polar surface area (TPSA) is 96.2 Å². The van der Waals surface area contributed by atoms with E-state index >= 15 is 0 Å². The van der Waals surface area contributed by atoms with Gasteiger partial charge in [-0.2, -0.15) is 10.5 Å². The number of nitrogens with zero attached hydrogens (tertiary/aromatic N) is 2. The second-order valence-electron chi connectivity index (χ2n) is 4.93. The minimum atomic E-state index is -0.909. The third kappa shape index (κ3) is 2.73. The number of hydrogen-bond donors (Lipinski definition) is 2. The summed E-state index contributed by atoms with van der Waals surface area (Å²) in [7, 11) is 0. The lowest BCUT2D eigenvalue weighted by Crippen LogP contribution is -2.19. The summed E-state index contributed by atoms with van der Waals surface area (Å²) in [6.45, 7) is 3.81. The van der Waals surface area contributed by atoms with Crippen LogP contribution in [0.4, 0.5) is 0 Å². The first kappa shape index (κ1) is 14.6. The standard InChI is InChI=1S/C16H16N4O/c1-3-11-4-6-12(7-5-11)15(13(8-17)9-18)14-10(2)19-20-16(14)21/h4-7,13,15H,3H2,1-2H3,(H2,19,20,21). The van der Waals surface area contributed by atoms with Crippen molar-refractivity contribution in [2.24, 2.45) is 5.92 Å². The maximum Gasteiger partial charge on any atom is 0.268 e. The van der Waals surface area contributed by atoms with E-state index in [0.717, 1.165) is 12.0 Å². The predicted molar refractivity (Wildman–Crippen MR) is 78.5 cm³/mol. The maximum atomic E-state index is 12.0. The van der Waals surface area contributed by atoms with E-state index in [1.54, 1.807) is 6.92 Å². The highest BCUT2D eigenvalue weighted by molar-refractivity contribution is 5.39. The van der Waals surface area contributed by atoms with Gasteiger partial charge >= 0.3 is 0 Å². The van der Waals surface area contributed by atoms with Crippen molar-refractivity contribution in [1.29, 1.82) is 10.5 Å². The van der Waals surface area contributed by atoms with Crippen LogP contribution in [0.2, 0.25) is 0 Å². The van der Waals surface area contributed by atoms with E-state index in [0.29, 0.717) is 11.3 Å². The van der Waals surface area contributed by atoms with Gasteiger partial charge in [0.1, 0.15) is 5.92 Å². The van der Waals surface area contributed by atoms with Crippen LogP contribution in [0.5, 0.6) is 0 Å². The van der Waals surface area contributed by atoms with E-state index in [9.17, 15) is 15.3 Å². The van der Waals surface area contributed by atoms with Gasteiger partial charge in [-0.3, -0.25) is 9.89 Å². The van der Waals surface area contributed by atoms with Gasteiger partial charge in [0.15, 0.2) is 0 Å². The number of nitrogens with one attached hydrogen (secondary N) is 2. The largest absolute Gasteiger partial charge is 0.302 e. The molecule has 5 nitrogen and oxygen atoms in total. The zero-order chi connectivity index (χ0) is 15.4. The van der Waals surface area contributed by atoms with Crippen molar-refractivity contribution in [2.75, 3.05) is 0 Å². The molecule has 0 saturated carbocycles. The van der Waals surface area contributed by atoms with Gasteiger partial charge in [0.05, 0.1) is 12.1 Å². The average Bonchev–Trinajstić information content (AvgIpc) is 2.84. The van der Waals surface area contributed by atoms with Gasteiger partial charge in [-0.05, 0) is 24.5 Å². The molecule has 0 bridgehead atoms. The summed E-state index contributed by atoms with van der Waals surface area (Å²) in [5, 5.41) is 23.8. The second kappa shape index (κ2) is 6.11. The zero-order valence-corrected chi connectivity index (χ0v) is 12.0. The first-order chi connectivity index (χ1) is 10.1. The Morgan fingerprint density at radius 1 is 1.14 bits per heavy atom. The van der Waals surface area contributed by atoms with Crippen molar-refractivity contribution >= 4 is 0 Å². The summed E-state index contributed by atoms with van der Waals surface area (Å²) in [5.41, 5.74) is 2.79. The van der Waals surface area contributed by atoms with Gasteiger partial charge in [0, 0.05) is 17.2 Å². The van der Waals surface area contributed by atoms with E-state index in [4.69, 9.17) is 0 Å². The average molecular weight is 280 g/mol. The van der Waals surface area contributed by atoms with Crippen molar-refractivity contribution in [3.63, 3.8) is 0 Å². The number of H-pyrrole nitrogens is 2. The van der Waals surface area contributed by atoms with Gasteiger partial charge in [-0.25, -0.2) is 0 Å². The molecule has 1 heterocycles. The van der Waals surface area contributed by atoms with Crippen molar-refractivity contribution in [3.05, 3.63) is 57.0 Å². The molecule has 0 aliphatic carbocycles. The van der Waals surface area contributed by atoms with Crippen molar-refractivity contribution in [2.45, 2.75) is 26.2 Å². The molecule has 1 unspecified atom stereocenters. The number of rotatable bonds is 4. The highest BCUT2D eigenvalue weighted by Gasteiger charge is 2.29. The Balaban J connectivity index is 2.59. The minimum absolute atomic E-state index is 0.285. The Bertz CT molecular complexity index is 741. The normalized spacial score (nSPS) is 11.9. The van der Waals surface area contributed by atoms with Crippen molar-refractivity contribution < 1.29 is 0 Å². The van der Waals surface area contributed by atoms with Crippen LogP contribution in [0.15, 0.2) is 29.1 Å².